The van der Waals surface area contributed by atoms with Crippen LogP contribution >= 0.6 is 11.6 Å². The van der Waals surface area contributed by atoms with E-state index < -0.39 is 5.97 Å². The van der Waals surface area contributed by atoms with Gasteiger partial charge in [-0.3, -0.25) is 4.79 Å². The first-order chi connectivity index (χ1) is 12.3. The zero-order valence-electron chi connectivity index (χ0n) is 14.5. The van der Waals surface area contributed by atoms with Crippen molar-refractivity contribution >= 4 is 29.2 Å². The SMILES string of the molecule is COC(=O)Cc1c(-c2ccc(Cl)cc2)c(C)c2nc(C(=O)O)cn2c1C. The number of hydrogen-bond donors (Lipinski definition) is 1. The van der Waals surface area contributed by atoms with Gasteiger partial charge < -0.3 is 14.2 Å². The maximum Gasteiger partial charge on any atom is 0.356 e. The van der Waals surface area contributed by atoms with E-state index in [1.54, 1.807) is 16.5 Å². The predicted molar refractivity (Wildman–Crippen MR) is 97.8 cm³/mol. The molecule has 134 valence electrons. The lowest BCUT2D eigenvalue weighted by molar-refractivity contribution is -0.139. The fourth-order valence-electron chi connectivity index (χ4n) is 3.11. The van der Waals surface area contributed by atoms with E-state index in [1.807, 2.05) is 26.0 Å². The molecule has 0 radical (unpaired) electrons. The number of nitrogens with zero attached hydrogens (tertiary/aromatic N) is 2. The molecule has 0 aliphatic rings. The molecule has 0 fully saturated rings. The summed E-state index contributed by atoms with van der Waals surface area (Å²) in [5, 5.41) is 9.88. The highest BCUT2D eigenvalue weighted by molar-refractivity contribution is 6.30. The summed E-state index contributed by atoms with van der Waals surface area (Å²) in [6.45, 7) is 3.69. The monoisotopic (exact) mass is 372 g/mol. The third-order valence-electron chi connectivity index (χ3n) is 4.42. The van der Waals surface area contributed by atoms with Gasteiger partial charge >= 0.3 is 11.9 Å². The van der Waals surface area contributed by atoms with Crippen molar-refractivity contribution in [2.45, 2.75) is 20.3 Å². The van der Waals surface area contributed by atoms with Gasteiger partial charge in [-0.15, -0.1) is 0 Å². The summed E-state index contributed by atoms with van der Waals surface area (Å²) in [6.07, 6.45) is 1.53. The van der Waals surface area contributed by atoms with Gasteiger partial charge in [-0.2, -0.15) is 0 Å². The second-order valence-corrected chi connectivity index (χ2v) is 6.39. The first kappa shape index (κ1) is 17.9. The number of fused-ring (bicyclic) bond motifs is 1. The Hall–Kier alpha value is -2.86. The van der Waals surface area contributed by atoms with E-state index in [0.29, 0.717) is 10.7 Å². The van der Waals surface area contributed by atoms with Gasteiger partial charge in [0.2, 0.25) is 0 Å². The van der Waals surface area contributed by atoms with Gasteiger partial charge in [0.05, 0.1) is 13.5 Å². The summed E-state index contributed by atoms with van der Waals surface area (Å²) in [5.74, 6) is -1.48. The number of methoxy groups -OCH3 is 1. The Balaban J connectivity index is 2.36. The van der Waals surface area contributed by atoms with Gasteiger partial charge in [-0.1, -0.05) is 23.7 Å². The number of rotatable bonds is 4. The second kappa shape index (κ2) is 6.80. The summed E-state index contributed by atoms with van der Waals surface area (Å²) < 4.78 is 6.54. The topological polar surface area (TPSA) is 80.9 Å². The molecule has 3 rings (SSSR count). The van der Waals surface area contributed by atoms with Crippen LogP contribution in [0, 0.1) is 13.8 Å². The molecule has 0 bridgehead atoms. The van der Waals surface area contributed by atoms with Gasteiger partial charge in [0.25, 0.3) is 0 Å². The molecule has 26 heavy (non-hydrogen) atoms. The highest BCUT2D eigenvalue weighted by atomic mass is 35.5. The number of aromatic carboxylic acids is 1. The number of pyridine rings is 1. The van der Waals surface area contributed by atoms with Crippen LogP contribution in [0.4, 0.5) is 0 Å². The van der Waals surface area contributed by atoms with E-state index in [4.69, 9.17) is 16.3 Å². The summed E-state index contributed by atoms with van der Waals surface area (Å²) in [6, 6.07) is 7.27. The maximum atomic E-state index is 12.0. The number of benzene rings is 1. The molecule has 0 aliphatic heterocycles. The van der Waals surface area contributed by atoms with Crippen molar-refractivity contribution in [3.63, 3.8) is 0 Å². The van der Waals surface area contributed by atoms with E-state index in [-0.39, 0.29) is 18.1 Å². The smallest absolute Gasteiger partial charge is 0.356 e. The Labute approximate surface area is 155 Å². The average Bonchev–Trinajstić information content (AvgIpc) is 3.07. The molecular weight excluding hydrogens is 356 g/mol. The Morgan fingerprint density at radius 1 is 1.23 bits per heavy atom. The first-order valence-corrected chi connectivity index (χ1v) is 8.28. The molecule has 2 aromatic heterocycles. The van der Waals surface area contributed by atoms with E-state index in [9.17, 15) is 14.7 Å². The van der Waals surface area contributed by atoms with Crippen LogP contribution in [0.3, 0.4) is 0 Å². The molecule has 0 saturated carbocycles. The van der Waals surface area contributed by atoms with Crippen molar-refractivity contribution in [3.05, 3.63) is 58.0 Å². The van der Waals surface area contributed by atoms with E-state index in [0.717, 1.165) is 27.9 Å². The number of carbonyl (C=O) groups excluding carboxylic acids is 1. The molecule has 0 unspecified atom stereocenters. The molecule has 1 aromatic carbocycles. The number of aromatic nitrogens is 2. The number of imidazole rings is 1. The summed E-state index contributed by atoms with van der Waals surface area (Å²) in [7, 11) is 1.34. The largest absolute Gasteiger partial charge is 0.476 e. The van der Waals surface area contributed by atoms with Crippen LogP contribution in [-0.4, -0.2) is 33.5 Å². The van der Waals surface area contributed by atoms with Crippen LogP contribution in [0.15, 0.2) is 30.5 Å². The quantitative estimate of drug-likeness (QED) is 0.706. The molecule has 6 nitrogen and oxygen atoms in total. The minimum atomic E-state index is -1.10. The molecule has 0 saturated heterocycles. The molecule has 0 aliphatic carbocycles. The van der Waals surface area contributed by atoms with Gasteiger partial charge in [-0.25, -0.2) is 9.78 Å². The number of aryl methyl sites for hydroxylation is 2. The Morgan fingerprint density at radius 2 is 1.88 bits per heavy atom. The van der Waals surface area contributed by atoms with Crippen LogP contribution in [-0.2, 0) is 16.0 Å². The fraction of sp³-hybridized carbons (Fsp3) is 0.211. The van der Waals surface area contributed by atoms with Gasteiger partial charge in [0, 0.05) is 22.5 Å². The number of carboxylic acids is 1. The Bertz CT molecular complexity index is 1020. The molecule has 1 N–H and O–H groups in total. The van der Waals surface area contributed by atoms with Crippen molar-refractivity contribution in [1.29, 1.82) is 0 Å². The summed E-state index contributed by atoms with van der Waals surface area (Å²) in [4.78, 5) is 27.5. The molecule has 3 aromatic rings. The maximum absolute atomic E-state index is 12.0. The van der Waals surface area contributed by atoms with Crippen molar-refractivity contribution in [1.82, 2.24) is 9.38 Å². The molecule has 0 amide bonds. The minimum absolute atomic E-state index is 0.0477. The Morgan fingerprint density at radius 3 is 2.46 bits per heavy atom. The van der Waals surface area contributed by atoms with E-state index in [2.05, 4.69) is 4.98 Å². The standard InChI is InChI=1S/C19H17ClN2O4/c1-10-17(12-4-6-13(20)7-5-12)14(8-16(23)26-3)11(2)22-9-15(19(24)25)21-18(10)22/h4-7,9H,8H2,1-3H3,(H,24,25). The summed E-state index contributed by atoms with van der Waals surface area (Å²) in [5.41, 5.74) is 4.48. The predicted octanol–water partition coefficient (Wildman–Crippen LogP) is 3.69. The molecule has 7 heteroatoms. The van der Waals surface area contributed by atoms with Crippen LogP contribution in [0.2, 0.25) is 5.02 Å². The zero-order chi connectivity index (χ0) is 19.0. The van der Waals surface area contributed by atoms with Crippen LogP contribution < -0.4 is 0 Å². The summed E-state index contributed by atoms with van der Waals surface area (Å²) >= 11 is 5.99. The number of halogens is 1. The number of carbonyl (C=O) groups is 2. The number of esters is 1. The molecule has 0 atom stereocenters. The van der Waals surface area contributed by atoms with Gasteiger partial charge in [0.15, 0.2) is 5.69 Å². The molecule has 0 spiro atoms. The number of ether oxygens (including phenoxy) is 1. The normalized spacial score (nSPS) is 10.9. The average molecular weight is 373 g/mol. The first-order valence-electron chi connectivity index (χ1n) is 7.90. The lowest BCUT2D eigenvalue weighted by Crippen LogP contribution is -2.11. The number of carboxylic acid groups (broad SMARTS) is 1. The van der Waals surface area contributed by atoms with E-state index in [1.165, 1.54) is 13.3 Å². The van der Waals surface area contributed by atoms with Crippen molar-refractivity contribution < 1.29 is 19.4 Å². The highest BCUT2D eigenvalue weighted by Gasteiger charge is 2.21. The van der Waals surface area contributed by atoms with Gasteiger partial charge in [0.1, 0.15) is 5.65 Å². The lowest BCUT2D eigenvalue weighted by atomic mass is 9.93. The van der Waals surface area contributed by atoms with E-state index >= 15 is 0 Å². The van der Waals surface area contributed by atoms with Gasteiger partial charge in [-0.05, 0) is 42.7 Å². The van der Waals surface area contributed by atoms with Crippen LogP contribution in [0.5, 0.6) is 0 Å². The van der Waals surface area contributed by atoms with Crippen LogP contribution in [0.25, 0.3) is 16.8 Å². The van der Waals surface area contributed by atoms with Crippen LogP contribution in [0.1, 0.15) is 27.3 Å². The Kier molecular flexibility index (Phi) is 4.70. The zero-order valence-corrected chi connectivity index (χ0v) is 15.3. The number of hydrogen-bond acceptors (Lipinski definition) is 4. The van der Waals surface area contributed by atoms with Crippen molar-refractivity contribution in [2.24, 2.45) is 0 Å². The van der Waals surface area contributed by atoms with Crippen molar-refractivity contribution in [2.75, 3.05) is 7.11 Å². The third-order valence-corrected chi connectivity index (χ3v) is 4.67. The fourth-order valence-corrected chi connectivity index (χ4v) is 3.23. The molecular formula is C19H17ClN2O4. The minimum Gasteiger partial charge on any atom is -0.476 e. The lowest BCUT2D eigenvalue weighted by Gasteiger charge is -2.17. The second-order valence-electron chi connectivity index (χ2n) is 5.95. The van der Waals surface area contributed by atoms with Crippen molar-refractivity contribution in [3.8, 4) is 11.1 Å². The third kappa shape index (κ3) is 3.04. The molecule has 2 heterocycles. The highest BCUT2D eigenvalue weighted by Crippen LogP contribution is 2.34.